The molecule has 0 spiro atoms. The molecule has 2 aromatic rings. The Morgan fingerprint density at radius 3 is 2.89 bits per heavy atom. The summed E-state index contributed by atoms with van der Waals surface area (Å²) < 4.78 is 4.35. The van der Waals surface area contributed by atoms with Gasteiger partial charge >= 0.3 is 0 Å². The quantitative estimate of drug-likeness (QED) is 0.910. The monoisotopic (exact) mass is 274 g/mol. The molecule has 2 aromatic heterocycles. The van der Waals surface area contributed by atoms with Gasteiger partial charge in [-0.2, -0.15) is 4.37 Å². The number of nitrogen functional groups attached to an aromatic ring is 1. The van der Waals surface area contributed by atoms with Crippen molar-refractivity contribution in [1.82, 2.24) is 9.36 Å². The van der Waals surface area contributed by atoms with E-state index in [0.717, 1.165) is 24.6 Å². The van der Waals surface area contributed by atoms with Gasteiger partial charge in [0.2, 0.25) is 0 Å². The van der Waals surface area contributed by atoms with Gasteiger partial charge in [0.25, 0.3) is 0 Å². The van der Waals surface area contributed by atoms with E-state index in [-0.39, 0.29) is 0 Å². The van der Waals surface area contributed by atoms with Gasteiger partial charge in [-0.05, 0) is 49.3 Å². The number of hydrogen-bond donors (Lipinski definition) is 1. The average Bonchev–Trinajstić information content (AvgIpc) is 3.20. The summed E-state index contributed by atoms with van der Waals surface area (Å²) in [6.45, 7) is 3.92. The molecule has 1 aliphatic rings. The highest BCUT2D eigenvalue weighted by Crippen LogP contribution is 2.48. The van der Waals surface area contributed by atoms with Crippen LogP contribution in [0.4, 0.5) is 10.8 Å². The topological polar surface area (TPSA) is 55.0 Å². The fourth-order valence-corrected chi connectivity index (χ4v) is 3.26. The van der Waals surface area contributed by atoms with Crippen LogP contribution in [0.1, 0.15) is 36.9 Å². The van der Waals surface area contributed by atoms with E-state index < -0.39 is 0 Å². The lowest BCUT2D eigenvalue weighted by molar-refractivity contribution is 0.811. The zero-order valence-electron chi connectivity index (χ0n) is 11.0. The van der Waals surface area contributed by atoms with E-state index in [1.54, 1.807) is 0 Å². The summed E-state index contributed by atoms with van der Waals surface area (Å²) in [5.74, 6) is 1.36. The summed E-state index contributed by atoms with van der Waals surface area (Å²) in [6.07, 6.45) is 4.33. The Morgan fingerprint density at radius 2 is 2.26 bits per heavy atom. The third kappa shape index (κ3) is 2.56. The number of anilines is 2. The molecule has 1 fully saturated rings. The van der Waals surface area contributed by atoms with Gasteiger partial charge in [0.1, 0.15) is 10.8 Å². The normalized spacial score (nSPS) is 14.6. The highest BCUT2D eigenvalue weighted by molar-refractivity contribution is 7.10. The van der Waals surface area contributed by atoms with Crippen LogP contribution >= 0.6 is 11.5 Å². The Morgan fingerprint density at radius 1 is 1.42 bits per heavy atom. The third-order valence-corrected chi connectivity index (χ3v) is 4.41. The Hall–Kier alpha value is -1.62. The summed E-state index contributed by atoms with van der Waals surface area (Å²) in [5, 5.41) is 1.23. The molecule has 2 N–H and O–H groups in total. The van der Waals surface area contributed by atoms with Gasteiger partial charge in [0.05, 0.1) is 12.2 Å². The molecule has 3 rings (SSSR count). The van der Waals surface area contributed by atoms with Crippen molar-refractivity contribution < 1.29 is 0 Å². The molecule has 19 heavy (non-hydrogen) atoms. The van der Waals surface area contributed by atoms with Crippen LogP contribution < -0.4 is 10.6 Å². The van der Waals surface area contributed by atoms with Crippen molar-refractivity contribution in [3.05, 3.63) is 35.7 Å². The number of pyridine rings is 1. The van der Waals surface area contributed by atoms with Crippen LogP contribution in [0.2, 0.25) is 0 Å². The van der Waals surface area contributed by atoms with E-state index in [0.29, 0.717) is 5.92 Å². The van der Waals surface area contributed by atoms with Crippen molar-refractivity contribution in [2.24, 2.45) is 0 Å². The second-order valence-electron chi connectivity index (χ2n) is 4.90. The van der Waals surface area contributed by atoms with Gasteiger partial charge in [-0.15, -0.1) is 0 Å². The molecule has 0 atom stereocenters. The lowest BCUT2D eigenvalue weighted by atomic mass is 10.2. The van der Waals surface area contributed by atoms with Gasteiger partial charge in [-0.3, -0.25) is 4.98 Å². The molecule has 1 saturated carbocycles. The molecule has 0 radical (unpaired) electrons. The van der Waals surface area contributed by atoms with Crippen LogP contribution in [0.5, 0.6) is 0 Å². The van der Waals surface area contributed by atoms with Gasteiger partial charge < -0.3 is 10.6 Å². The minimum absolute atomic E-state index is 0.631. The Labute approximate surface area is 117 Å². The van der Waals surface area contributed by atoms with Crippen LogP contribution in [0.25, 0.3) is 0 Å². The van der Waals surface area contributed by atoms with Crippen molar-refractivity contribution in [3.8, 4) is 0 Å². The lowest BCUT2D eigenvalue weighted by Gasteiger charge is -2.22. The number of hydrogen-bond acceptors (Lipinski definition) is 5. The number of nitrogens with zero attached hydrogens (tertiary/aromatic N) is 3. The van der Waals surface area contributed by atoms with Gasteiger partial charge in [0, 0.05) is 18.3 Å². The maximum absolute atomic E-state index is 6.03. The largest absolute Gasteiger partial charge is 0.383 e. The van der Waals surface area contributed by atoms with Crippen LogP contribution in [0, 0.1) is 0 Å². The molecule has 5 heteroatoms. The summed E-state index contributed by atoms with van der Waals surface area (Å²) in [4.78, 5) is 6.72. The van der Waals surface area contributed by atoms with Crippen molar-refractivity contribution >= 4 is 22.4 Å². The molecule has 100 valence electrons. The van der Waals surface area contributed by atoms with E-state index in [9.17, 15) is 0 Å². The summed E-state index contributed by atoms with van der Waals surface area (Å²) in [7, 11) is 0. The van der Waals surface area contributed by atoms with Crippen LogP contribution in [0.15, 0.2) is 24.4 Å². The van der Waals surface area contributed by atoms with Gasteiger partial charge in [0.15, 0.2) is 0 Å². The molecule has 4 nitrogen and oxygen atoms in total. The third-order valence-electron chi connectivity index (χ3n) is 3.47. The zero-order chi connectivity index (χ0) is 13.2. The fraction of sp³-hybridized carbons (Fsp3) is 0.429. The summed E-state index contributed by atoms with van der Waals surface area (Å²) >= 11 is 1.52. The van der Waals surface area contributed by atoms with Crippen molar-refractivity contribution in [2.75, 3.05) is 17.2 Å². The van der Waals surface area contributed by atoms with E-state index in [1.807, 2.05) is 18.3 Å². The molecule has 1 aliphatic carbocycles. The van der Waals surface area contributed by atoms with E-state index in [1.165, 1.54) is 34.9 Å². The first kappa shape index (κ1) is 12.4. The van der Waals surface area contributed by atoms with E-state index >= 15 is 0 Å². The minimum Gasteiger partial charge on any atom is -0.383 e. The van der Waals surface area contributed by atoms with Crippen molar-refractivity contribution in [1.29, 1.82) is 0 Å². The second-order valence-corrected chi connectivity index (χ2v) is 5.65. The smallest absolute Gasteiger partial charge is 0.142 e. The number of aromatic nitrogens is 2. The summed E-state index contributed by atoms with van der Waals surface area (Å²) in [5.41, 5.74) is 8.37. The highest BCUT2D eigenvalue weighted by atomic mass is 32.1. The molecular weight excluding hydrogens is 256 g/mol. The van der Waals surface area contributed by atoms with Gasteiger partial charge in [-0.25, -0.2) is 0 Å². The minimum atomic E-state index is 0.631. The molecule has 0 saturated heterocycles. The molecule has 0 aliphatic heterocycles. The van der Waals surface area contributed by atoms with Crippen molar-refractivity contribution in [2.45, 2.75) is 32.2 Å². The maximum atomic E-state index is 6.03. The highest BCUT2D eigenvalue weighted by Gasteiger charge is 2.32. The van der Waals surface area contributed by atoms with Crippen LogP contribution in [0.3, 0.4) is 0 Å². The number of rotatable bonds is 5. The first-order valence-electron chi connectivity index (χ1n) is 6.69. The predicted octanol–water partition coefficient (Wildman–Crippen LogP) is 3.02. The lowest BCUT2D eigenvalue weighted by Crippen LogP contribution is -2.22. The van der Waals surface area contributed by atoms with Crippen LogP contribution in [-0.4, -0.2) is 15.9 Å². The average molecular weight is 274 g/mol. The maximum Gasteiger partial charge on any atom is 0.142 e. The van der Waals surface area contributed by atoms with E-state index in [4.69, 9.17) is 5.73 Å². The Kier molecular flexibility index (Phi) is 3.38. The second kappa shape index (κ2) is 5.17. The first-order chi connectivity index (χ1) is 9.29. The van der Waals surface area contributed by atoms with Crippen LogP contribution in [-0.2, 0) is 6.54 Å². The van der Waals surface area contributed by atoms with Crippen molar-refractivity contribution in [3.63, 3.8) is 0 Å². The molecule has 0 amide bonds. The molecule has 0 bridgehead atoms. The standard InChI is InChI=1S/C14H18N4S/c1-2-18(9-11-5-3-4-8-16-11)14-12(10-6-7-10)13(15)17-19-14/h3-5,8,10H,2,6-7,9H2,1H3,(H2,15,17). The molecule has 0 unspecified atom stereocenters. The fourth-order valence-electron chi connectivity index (χ4n) is 2.30. The predicted molar refractivity (Wildman–Crippen MR) is 79.5 cm³/mol. The molecule has 0 aromatic carbocycles. The first-order valence-corrected chi connectivity index (χ1v) is 7.46. The SMILES string of the molecule is CCN(Cc1ccccn1)c1snc(N)c1C1CC1. The zero-order valence-corrected chi connectivity index (χ0v) is 11.9. The molecule has 2 heterocycles. The summed E-state index contributed by atoms with van der Waals surface area (Å²) in [6, 6.07) is 6.03. The number of nitrogens with two attached hydrogens (primary N) is 1. The Bertz CT molecular complexity index is 548. The van der Waals surface area contributed by atoms with E-state index in [2.05, 4.69) is 27.2 Å². The Balaban J connectivity index is 1.86. The molecular formula is C14H18N4S. The van der Waals surface area contributed by atoms with Gasteiger partial charge in [-0.1, -0.05) is 6.07 Å².